The summed E-state index contributed by atoms with van der Waals surface area (Å²) in [5, 5.41) is 0. The average molecular weight is 237 g/mol. The summed E-state index contributed by atoms with van der Waals surface area (Å²) in [6.45, 7) is 4.18. The number of rotatable bonds is 5. The first-order valence-electron chi connectivity index (χ1n) is 5.52. The monoisotopic (exact) mass is 237 g/mol. The van der Waals surface area contributed by atoms with Gasteiger partial charge in [0.2, 0.25) is 0 Å². The van der Waals surface area contributed by atoms with E-state index >= 15 is 0 Å². The molecule has 1 aromatic carbocycles. The Labute approximate surface area is 102 Å². The predicted molar refractivity (Wildman–Crippen MR) is 67.0 cm³/mol. The predicted octanol–water partition coefficient (Wildman–Crippen LogP) is 1.85. The van der Waals surface area contributed by atoms with Gasteiger partial charge >= 0.3 is 0 Å². The molecule has 0 aliphatic rings. The lowest BCUT2D eigenvalue weighted by Crippen LogP contribution is -2.11. The first-order chi connectivity index (χ1) is 8.06. The zero-order valence-corrected chi connectivity index (χ0v) is 10.8. The van der Waals surface area contributed by atoms with Crippen molar-refractivity contribution in [1.29, 1.82) is 0 Å². The van der Waals surface area contributed by atoms with E-state index in [1.54, 1.807) is 20.3 Å². The molecular weight excluding hydrogens is 218 g/mol. The number of carbonyl (C=O) groups excluding carboxylic acids is 1. The molecule has 2 N–H and O–H groups in total. The number of Topliss-reactive ketones (excluding diaryl/α,β-unsaturated/α-hetero) is 1. The molecule has 0 atom stereocenters. The van der Waals surface area contributed by atoms with E-state index in [9.17, 15) is 4.79 Å². The van der Waals surface area contributed by atoms with Crippen LogP contribution in [0.5, 0.6) is 11.5 Å². The molecule has 4 heteroatoms. The number of nitrogens with two attached hydrogens (primary N) is 1. The molecule has 17 heavy (non-hydrogen) atoms. The minimum absolute atomic E-state index is 0.0225. The summed E-state index contributed by atoms with van der Waals surface area (Å²) in [7, 11) is 3.15. The molecule has 0 saturated carbocycles. The molecule has 1 aromatic rings. The highest BCUT2D eigenvalue weighted by Crippen LogP contribution is 2.33. The van der Waals surface area contributed by atoms with E-state index in [4.69, 9.17) is 15.2 Å². The van der Waals surface area contributed by atoms with Gasteiger partial charge in [0, 0.05) is 6.42 Å². The van der Waals surface area contributed by atoms with Crippen molar-refractivity contribution in [3.63, 3.8) is 0 Å². The SMILES string of the molecule is COc1cc(C(=O)CCN)c(OC)c(C)c1C. The lowest BCUT2D eigenvalue weighted by molar-refractivity contribution is 0.0982. The van der Waals surface area contributed by atoms with Gasteiger partial charge in [0.1, 0.15) is 11.5 Å². The molecular formula is C13H19NO3. The second-order valence-corrected chi connectivity index (χ2v) is 3.87. The number of benzene rings is 1. The maximum Gasteiger partial charge on any atom is 0.168 e. The van der Waals surface area contributed by atoms with Gasteiger partial charge in [-0.25, -0.2) is 0 Å². The van der Waals surface area contributed by atoms with Gasteiger partial charge in [0.05, 0.1) is 19.8 Å². The van der Waals surface area contributed by atoms with Crippen LogP contribution in [0.15, 0.2) is 6.07 Å². The van der Waals surface area contributed by atoms with Gasteiger partial charge in [-0.2, -0.15) is 0 Å². The fourth-order valence-corrected chi connectivity index (χ4v) is 1.81. The van der Waals surface area contributed by atoms with E-state index in [-0.39, 0.29) is 5.78 Å². The smallest absolute Gasteiger partial charge is 0.168 e. The van der Waals surface area contributed by atoms with Gasteiger partial charge < -0.3 is 15.2 Å². The highest BCUT2D eigenvalue weighted by atomic mass is 16.5. The maximum atomic E-state index is 11.9. The third-order valence-corrected chi connectivity index (χ3v) is 2.89. The van der Waals surface area contributed by atoms with Gasteiger partial charge in [-0.1, -0.05) is 0 Å². The Balaban J connectivity index is 3.37. The molecule has 0 spiro atoms. The summed E-state index contributed by atoms with van der Waals surface area (Å²) in [5.74, 6) is 1.29. The second-order valence-electron chi connectivity index (χ2n) is 3.87. The lowest BCUT2D eigenvalue weighted by atomic mass is 9.99. The number of hydrogen-bond donors (Lipinski definition) is 1. The Kier molecular flexibility index (Phi) is 4.52. The van der Waals surface area contributed by atoms with Crippen LogP contribution in [-0.4, -0.2) is 26.5 Å². The summed E-state index contributed by atoms with van der Waals surface area (Å²) >= 11 is 0. The van der Waals surface area contributed by atoms with Crippen LogP contribution in [-0.2, 0) is 0 Å². The van der Waals surface area contributed by atoms with Crippen molar-refractivity contribution < 1.29 is 14.3 Å². The second kappa shape index (κ2) is 5.68. The van der Waals surface area contributed by atoms with Crippen LogP contribution in [0, 0.1) is 13.8 Å². The van der Waals surface area contributed by atoms with Crippen molar-refractivity contribution in [2.45, 2.75) is 20.3 Å². The van der Waals surface area contributed by atoms with Crippen LogP contribution >= 0.6 is 0 Å². The summed E-state index contributed by atoms with van der Waals surface area (Å²) in [6, 6.07) is 1.72. The van der Waals surface area contributed by atoms with E-state index in [2.05, 4.69) is 0 Å². The molecule has 0 saturated heterocycles. The minimum atomic E-state index is -0.0225. The third-order valence-electron chi connectivity index (χ3n) is 2.89. The van der Waals surface area contributed by atoms with Crippen molar-refractivity contribution in [3.8, 4) is 11.5 Å². The first-order valence-corrected chi connectivity index (χ1v) is 5.52. The Morgan fingerprint density at radius 2 is 1.88 bits per heavy atom. The lowest BCUT2D eigenvalue weighted by Gasteiger charge is -2.15. The summed E-state index contributed by atoms with van der Waals surface area (Å²) in [4.78, 5) is 11.9. The summed E-state index contributed by atoms with van der Waals surface area (Å²) in [6.07, 6.45) is 0.308. The number of carbonyl (C=O) groups is 1. The quantitative estimate of drug-likeness (QED) is 0.794. The molecule has 0 unspecified atom stereocenters. The Morgan fingerprint density at radius 1 is 1.24 bits per heavy atom. The largest absolute Gasteiger partial charge is 0.496 e. The van der Waals surface area contributed by atoms with Gasteiger partial charge in [-0.05, 0) is 37.6 Å². The topological polar surface area (TPSA) is 61.5 Å². The summed E-state index contributed by atoms with van der Waals surface area (Å²) in [5.41, 5.74) is 7.85. The Hall–Kier alpha value is -1.55. The van der Waals surface area contributed by atoms with Crippen molar-refractivity contribution >= 4 is 5.78 Å². The highest BCUT2D eigenvalue weighted by Gasteiger charge is 2.18. The molecule has 0 fully saturated rings. The van der Waals surface area contributed by atoms with Crippen LogP contribution in [0.4, 0.5) is 0 Å². The van der Waals surface area contributed by atoms with Gasteiger partial charge in [-0.15, -0.1) is 0 Å². The van der Waals surface area contributed by atoms with Crippen LogP contribution < -0.4 is 15.2 Å². The van der Waals surface area contributed by atoms with E-state index in [1.165, 1.54) is 0 Å². The fourth-order valence-electron chi connectivity index (χ4n) is 1.81. The third kappa shape index (κ3) is 2.58. The number of methoxy groups -OCH3 is 2. The average Bonchev–Trinajstić information content (AvgIpc) is 2.32. The highest BCUT2D eigenvalue weighted by molar-refractivity contribution is 5.99. The van der Waals surface area contributed by atoms with E-state index in [1.807, 2.05) is 13.8 Å². The molecule has 94 valence electrons. The molecule has 0 amide bonds. The molecule has 0 radical (unpaired) electrons. The van der Waals surface area contributed by atoms with Crippen molar-refractivity contribution in [2.75, 3.05) is 20.8 Å². The first kappa shape index (κ1) is 13.5. The van der Waals surface area contributed by atoms with Crippen LogP contribution in [0.25, 0.3) is 0 Å². The van der Waals surface area contributed by atoms with Crippen molar-refractivity contribution in [3.05, 3.63) is 22.8 Å². The van der Waals surface area contributed by atoms with Crippen molar-refractivity contribution in [1.82, 2.24) is 0 Å². The van der Waals surface area contributed by atoms with E-state index < -0.39 is 0 Å². The number of ketones is 1. The Bertz CT molecular complexity index is 427. The van der Waals surface area contributed by atoms with Crippen LogP contribution in [0.3, 0.4) is 0 Å². The van der Waals surface area contributed by atoms with Crippen molar-refractivity contribution in [2.24, 2.45) is 5.73 Å². The zero-order chi connectivity index (χ0) is 13.0. The molecule has 0 bridgehead atoms. The molecule has 0 aliphatic heterocycles. The molecule has 4 nitrogen and oxygen atoms in total. The van der Waals surface area contributed by atoms with Gasteiger partial charge in [-0.3, -0.25) is 4.79 Å². The van der Waals surface area contributed by atoms with Crippen LogP contribution in [0.1, 0.15) is 27.9 Å². The standard InChI is InChI=1S/C13H19NO3/c1-8-9(2)13(17-4)10(7-12(8)16-3)11(15)5-6-14/h7H,5-6,14H2,1-4H3. The fraction of sp³-hybridized carbons (Fsp3) is 0.462. The Morgan fingerprint density at radius 3 is 2.35 bits per heavy atom. The van der Waals surface area contributed by atoms with E-state index in [0.717, 1.165) is 11.1 Å². The zero-order valence-electron chi connectivity index (χ0n) is 10.8. The number of hydrogen-bond acceptors (Lipinski definition) is 4. The van der Waals surface area contributed by atoms with Gasteiger partial charge in [0.25, 0.3) is 0 Å². The molecule has 0 aliphatic carbocycles. The summed E-state index contributed by atoms with van der Waals surface area (Å²) < 4.78 is 10.6. The van der Waals surface area contributed by atoms with Crippen LogP contribution in [0.2, 0.25) is 0 Å². The molecule has 0 aromatic heterocycles. The van der Waals surface area contributed by atoms with E-state index in [0.29, 0.717) is 30.0 Å². The maximum absolute atomic E-state index is 11.9. The van der Waals surface area contributed by atoms with Gasteiger partial charge in [0.15, 0.2) is 5.78 Å². The molecule has 0 heterocycles. The minimum Gasteiger partial charge on any atom is -0.496 e. The normalized spacial score (nSPS) is 10.2. The number of ether oxygens (including phenoxy) is 2. The molecule has 1 rings (SSSR count).